The Kier molecular flexibility index (Phi) is 5.57. The predicted molar refractivity (Wildman–Crippen MR) is 91.0 cm³/mol. The molecule has 6 heteroatoms. The minimum absolute atomic E-state index is 0.301. The lowest BCUT2D eigenvalue weighted by Gasteiger charge is -2.15. The van der Waals surface area contributed by atoms with Gasteiger partial charge in [0.1, 0.15) is 5.75 Å². The molecule has 1 aromatic heterocycles. The molecule has 0 saturated heterocycles. The summed E-state index contributed by atoms with van der Waals surface area (Å²) in [7, 11) is 0. The summed E-state index contributed by atoms with van der Waals surface area (Å²) in [5, 5.41) is 6.69. The molecule has 1 amide bonds. The fourth-order valence-corrected chi connectivity index (χ4v) is 2.66. The molecule has 0 fully saturated rings. The van der Waals surface area contributed by atoms with Crippen molar-refractivity contribution in [2.45, 2.75) is 26.9 Å². The summed E-state index contributed by atoms with van der Waals surface area (Å²) in [6.07, 6.45) is -0.653. The average Bonchev–Trinajstić information content (AvgIpc) is 3.01. The number of hydrogen-bond donors (Lipinski definition) is 1. The van der Waals surface area contributed by atoms with Gasteiger partial charge in [-0.1, -0.05) is 17.7 Å². The highest BCUT2D eigenvalue weighted by molar-refractivity contribution is 7.12. The van der Waals surface area contributed by atoms with E-state index in [1.54, 1.807) is 36.5 Å². The summed E-state index contributed by atoms with van der Waals surface area (Å²) in [5.41, 5.74) is 4.17. The maximum Gasteiger partial charge on any atom is 0.280 e. The molecule has 1 atom stereocenters. The Bertz CT molecular complexity index is 683. The molecule has 0 spiro atoms. The molecule has 116 valence electrons. The number of carbonyl (C=O) groups is 1. The van der Waals surface area contributed by atoms with Crippen LogP contribution in [0.2, 0.25) is 5.02 Å². The van der Waals surface area contributed by atoms with Crippen LogP contribution in [0.5, 0.6) is 5.75 Å². The van der Waals surface area contributed by atoms with Gasteiger partial charge in [0.15, 0.2) is 6.10 Å². The van der Waals surface area contributed by atoms with Gasteiger partial charge in [-0.3, -0.25) is 4.79 Å². The minimum Gasteiger partial charge on any atom is -0.481 e. The largest absolute Gasteiger partial charge is 0.481 e. The van der Waals surface area contributed by atoms with Gasteiger partial charge in [0.2, 0.25) is 0 Å². The first-order valence-corrected chi connectivity index (χ1v) is 8.04. The second-order valence-electron chi connectivity index (χ2n) is 4.82. The number of ether oxygens (including phenoxy) is 1. The van der Waals surface area contributed by atoms with Crippen molar-refractivity contribution < 1.29 is 9.53 Å². The Labute approximate surface area is 138 Å². The molecule has 1 N–H and O–H groups in total. The maximum absolute atomic E-state index is 12.0. The van der Waals surface area contributed by atoms with E-state index in [4.69, 9.17) is 16.3 Å². The topological polar surface area (TPSA) is 50.7 Å². The van der Waals surface area contributed by atoms with Crippen LogP contribution >= 0.6 is 22.9 Å². The molecule has 0 aliphatic heterocycles. The third-order valence-electron chi connectivity index (χ3n) is 3.02. The van der Waals surface area contributed by atoms with E-state index in [2.05, 4.69) is 10.5 Å². The second kappa shape index (κ2) is 7.42. The highest BCUT2D eigenvalue weighted by Crippen LogP contribution is 2.22. The summed E-state index contributed by atoms with van der Waals surface area (Å²) in [5.74, 6) is 0.330. The molecular formula is C16H17ClN2O2S. The van der Waals surface area contributed by atoms with Gasteiger partial charge in [-0.15, -0.1) is 11.3 Å². The van der Waals surface area contributed by atoms with Crippen molar-refractivity contribution in [3.8, 4) is 5.75 Å². The number of nitrogens with one attached hydrogen (secondary N) is 1. The van der Waals surface area contributed by atoms with Crippen LogP contribution in [-0.2, 0) is 4.79 Å². The normalized spacial score (nSPS) is 12.8. The van der Waals surface area contributed by atoms with Gasteiger partial charge in [0.25, 0.3) is 5.91 Å². The highest BCUT2D eigenvalue weighted by atomic mass is 35.5. The lowest BCUT2D eigenvalue weighted by Crippen LogP contribution is -2.34. The average molecular weight is 337 g/mol. The van der Waals surface area contributed by atoms with E-state index in [1.165, 1.54) is 0 Å². The molecule has 1 aromatic carbocycles. The third-order valence-corrected chi connectivity index (χ3v) is 4.24. The summed E-state index contributed by atoms with van der Waals surface area (Å²) >= 11 is 7.47. The third kappa shape index (κ3) is 4.32. The standard InChI is InChI=1S/C16H17ClN2O2S/c1-10-9-13(17)6-7-14(10)21-12(3)16(20)19-18-11(2)15-5-4-8-22-15/h4-9,12H,1-3H3,(H,19,20)/b18-11-/t12-/m1/s1. The quantitative estimate of drug-likeness (QED) is 0.662. The Morgan fingerprint density at radius 2 is 2.18 bits per heavy atom. The Balaban J connectivity index is 1.96. The van der Waals surface area contributed by atoms with Crippen LogP contribution in [0.1, 0.15) is 24.3 Å². The number of benzene rings is 1. The van der Waals surface area contributed by atoms with Gasteiger partial charge in [-0.25, -0.2) is 5.43 Å². The first-order valence-electron chi connectivity index (χ1n) is 6.78. The predicted octanol–water partition coefficient (Wildman–Crippen LogP) is 4.02. The number of hydrogen-bond acceptors (Lipinski definition) is 4. The summed E-state index contributed by atoms with van der Waals surface area (Å²) in [6.45, 7) is 5.41. The molecular weight excluding hydrogens is 320 g/mol. The van der Waals surface area contributed by atoms with Crippen molar-refractivity contribution in [1.82, 2.24) is 5.43 Å². The molecule has 22 heavy (non-hydrogen) atoms. The first-order chi connectivity index (χ1) is 10.5. The Morgan fingerprint density at radius 1 is 1.41 bits per heavy atom. The Morgan fingerprint density at radius 3 is 2.82 bits per heavy atom. The first kappa shape index (κ1) is 16.5. The molecule has 0 aliphatic carbocycles. The zero-order valence-electron chi connectivity index (χ0n) is 12.6. The number of carbonyl (C=O) groups excluding carboxylic acids is 1. The van der Waals surface area contributed by atoms with E-state index in [9.17, 15) is 4.79 Å². The number of aryl methyl sites for hydroxylation is 1. The van der Waals surface area contributed by atoms with Crippen LogP contribution in [-0.4, -0.2) is 17.7 Å². The summed E-state index contributed by atoms with van der Waals surface area (Å²) in [4.78, 5) is 13.0. The smallest absolute Gasteiger partial charge is 0.280 e. The second-order valence-corrected chi connectivity index (χ2v) is 6.20. The zero-order valence-corrected chi connectivity index (χ0v) is 14.2. The van der Waals surface area contributed by atoms with Crippen molar-refractivity contribution >= 4 is 34.6 Å². The Hall–Kier alpha value is -1.85. The fourth-order valence-electron chi connectivity index (χ4n) is 1.76. The molecule has 1 heterocycles. The van der Waals surface area contributed by atoms with E-state index in [0.717, 1.165) is 16.2 Å². The van der Waals surface area contributed by atoms with Crippen LogP contribution in [0, 0.1) is 6.92 Å². The molecule has 0 bridgehead atoms. The van der Waals surface area contributed by atoms with Crippen molar-refractivity contribution in [3.05, 3.63) is 51.2 Å². The number of hydrazone groups is 1. The molecule has 0 unspecified atom stereocenters. The van der Waals surface area contributed by atoms with Crippen LogP contribution in [0.3, 0.4) is 0 Å². The van der Waals surface area contributed by atoms with E-state index >= 15 is 0 Å². The lowest BCUT2D eigenvalue weighted by atomic mass is 10.2. The fraction of sp³-hybridized carbons (Fsp3) is 0.250. The maximum atomic E-state index is 12.0. The van der Waals surface area contributed by atoms with E-state index in [1.807, 2.05) is 31.4 Å². The number of rotatable bonds is 5. The van der Waals surface area contributed by atoms with Crippen LogP contribution < -0.4 is 10.2 Å². The number of nitrogens with zero attached hydrogens (tertiary/aromatic N) is 1. The van der Waals surface area contributed by atoms with Gasteiger partial charge in [-0.2, -0.15) is 5.10 Å². The van der Waals surface area contributed by atoms with Crippen LogP contribution in [0.4, 0.5) is 0 Å². The summed E-state index contributed by atoms with van der Waals surface area (Å²) < 4.78 is 5.65. The molecule has 0 aliphatic rings. The number of thiophene rings is 1. The van der Waals surface area contributed by atoms with Crippen molar-refractivity contribution in [3.63, 3.8) is 0 Å². The SMILES string of the molecule is C/C(=N/NC(=O)[C@@H](C)Oc1ccc(Cl)cc1C)c1cccs1. The summed E-state index contributed by atoms with van der Waals surface area (Å²) in [6, 6.07) is 9.17. The van der Waals surface area contributed by atoms with Gasteiger partial charge in [-0.05, 0) is 56.0 Å². The molecule has 0 radical (unpaired) electrons. The van der Waals surface area contributed by atoms with Crippen LogP contribution in [0.15, 0.2) is 40.8 Å². The number of amides is 1. The van der Waals surface area contributed by atoms with Crippen molar-refractivity contribution in [1.29, 1.82) is 0 Å². The van der Waals surface area contributed by atoms with Gasteiger partial charge in [0.05, 0.1) is 5.71 Å². The van der Waals surface area contributed by atoms with Gasteiger partial charge < -0.3 is 4.74 Å². The van der Waals surface area contributed by atoms with E-state index < -0.39 is 6.10 Å². The lowest BCUT2D eigenvalue weighted by molar-refractivity contribution is -0.127. The molecule has 2 aromatic rings. The van der Waals surface area contributed by atoms with Crippen LogP contribution in [0.25, 0.3) is 0 Å². The monoisotopic (exact) mass is 336 g/mol. The van der Waals surface area contributed by atoms with Gasteiger partial charge >= 0.3 is 0 Å². The highest BCUT2D eigenvalue weighted by Gasteiger charge is 2.15. The molecule has 2 rings (SSSR count). The minimum atomic E-state index is -0.653. The zero-order chi connectivity index (χ0) is 16.1. The van der Waals surface area contributed by atoms with Gasteiger partial charge in [0, 0.05) is 9.90 Å². The molecule has 0 saturated carbocycles. The molecule has 4 nitrogen and oxygen atoms in total. The van der Waals surface area contributed by atoms with E-state index in [0.29, 0.717) is 10.8 Å². The van der Waals surface area contributed by atoms with Crippen molar-refractivity contribution in [2.24, 2.45) is 5.10 Å². The van der Waals surface area contributed by atoms with E-state index in [-0.39, 0.29) is 5.91 Å². The van der Waals surface area contributed by atoms with Crippen molar-refractivity contribution in [2.75, 3.05) is 0 Å². The number of halogens is 1.